The van der Waals surface area contributed by atoms with Crippen LogP contribution in [-0.2, 0) is 4.79 Å². The summed E-state index contributed by atoms with van der Waals surface area (Å²) >= 11 is 1.50. The molecular formula is C15H19ClN4OS. The van der Waals surface area contributed by atoms with E-state index in [2.05, 4.69) is 15.3 Å². The number of hydrogen-bond donors (Lipinski definition) is 2. The largest absolute Gasteiger partial charge is 0.330 e. The predicted molar refractivity (Wildman–Crippen MR) is 91.6 cm³/mol. The molecule has 1 aromatic carbocycles. The minimum absolute atomic E-state index is 0. The van der Waals surface area contributed by atoms with Crippen molar-refractivity contribution in [2.75, 3.05) is 11.9 Å². The molecule has 0 aliphatic carbocycles. The molecule has 0 radical (unpaired) electrons. The minimum atomic E-state index is -0.0736. The highest BCUT2D eigenvalue weighted by Crippen LogP contribution is 2.26. The third-order valence-corrected chi connectivity index (χ3v) is 3.55. The average Bonchev–Trinajstić information content (AvgIpc) is 2.40. The first kappa shape index (κ1) is 18.4. The molecule has 2 aromatic rings. The summed E-state index contributed by atoms with van der Waals surface area (Å²) < 4.78 is 0. The summed E-state index contributed by atoms with van der Waals surface area (Å²) in [6.07, 6.45) is 0.326. The Bertz CT molecular complexity index is 614. The number of anilines is 1. The Morgan fingerprint density at radius 3 is 2.32 bits per heavy atom. The number of carbonyl (C=O) groups is 1. The van der Waals surface area contributed by atoms with Gasteiger partial charge in [-0.3, -0.25) is 4.79 Å². The molecule has 0 unspecified atom stereocenters. The van der Waals surface area contributed by atoms with Crippen molar-refractivity contribution in [2.24, 2.45) is 5.73 Å². The number of halogens is 1. The van der Waals surface area contributed by atoms with E-state index in [0.717, 1.165) is 27.1 Å². The molecule has 0 bridgehead atoms. The third-order valence-electron chi connectivity index (χ3n) is 2.68. The van der Waals surface area contributed by atoms with Gasteiger partial charge in [0, 0.05) is 34.9 Å². The highest BCUT2D eigenvalue weighted by molar-refractivity contribution is 7.99. The zero-order valence-electron chi connectivity index (χ0n) is 12.5. The van der Waals surface area contributed by atoms with Gasteiger partial charge in [0.2, 0.25) is 5.91 Å². The molecular weight excluding hydrogens is 320 g/mol. The van der Waals surface area contributed by atoms with Crippen molar-refractivity contribution in [3.8, 4) is 0 Å². The monoisotopic (exact) mass is 338 g/mol. The number of nitrogens with zero attached hydrogens (tertiary/aromatic N) is 2. The van der Waals surface area contributed by atoms with E-state index in [1.54, 1.807) is 0 Å². The Hall–Kier alpha value is -1.63. The summed E-state index contributed by atoms with van der Waals surface area (Å²) in [5, 5.41) is 3.52. The second-order valence-electron chi connectivity index (χ2n) is 4.65. The van der Waals surface area contributed by atoms with Gasteiger partial charge < -0.3 is 11.1 Å². The summed E-state index contributed by atoms with van der Waals surface area (Å²) in [5.41, 5.74) is 8.01. The first-order chi connectivity index (χ1) is 10.1. The first-order valence-electron chi connectivity index (χ1n) is 6.67. The normalized spacial score (nSPS) is 9.95. The van der Waals surface area contributed by atoms with Crippen molar-refractivity contribution >= 4 is 35.8 Å². The average molecular weight is 339 g/mol. The number of aromatic nitrogens is 2. The van der Waals surface area contributed by atoms with Crippen LogP contribution in [0.5, 0.6) is 0 Å². The number of nitrogens with two attached hydrogens (primary N) is 1. The van der Waals surface area contributed by atoms with Crippen LogP contribution >= 0.6 is 24.2 Å². The number of hydrogen-bond acceptors (Lipinski definition) is 5. The second kappa shape index (κ2) is 8.73. The van der Waals surface area contributed by atoms with Crippen LogP contribution in [0.2, 0.25) is 0 Å². The lowest BCUT2D eigenvalue weighted by Crippen LogP contribution is -2.15. The van der Waals surface area contributed by atoms with Gasteiger partial charge in [-0.2, -0.15) is 0 Å². The van der Waals surface area contributed by atoms with Gasteiger partial charge in [0.25, 0.3) is 0 Å². The Labute approximate surface area is 140 Å². The van der Waals surface area contributed by atoms with E-state index in [0.29, 0.717) is 13.0 Å². The molecule has 5 nitrogen and oxygen atoms in total. The maximum absolute atomic E-state index is 11.4. The molecule has 0 spiro atoms. The Morgan fingerprint density at radius 1 is 1.18 bits per heavy atom. The molecule has 22 heavy (non-hydrogen) atoms. The molecule has 1 aromatic heterocycles. The molecule has 0 atom stereocenters. The van der Waals surface area contributed by atoms with Crippen LogP contribution < -0.4 is 11.1 Å². The lowest BCUT2D eigenvalue weighted by atomic mass is 10.3. The van der Waals surface area contributed by atoms with Gasteiger partial charge in [0.15, 0.2) is 5.16 Å². The first-order valence-corrected chi connectivity index (χ1v) is 7.48. The standard InChI is InChI=1S/C15H18N4OS.ClH/c1-10-9-11(2)18-15(17-10)21-13-5-3-12(4-6-13)19-14(20)7-8-16;/h3-6,9H,7-8,16H2,1-2H3,(H,19,20);1H. The molecule has 118 valence electrons. The zero-order chi connectivity index (χ0) is 15.2. The number of amides is 1. The van der Waals surface area contributed by atoms with Crippen LogP contribution in [0.4, 0.5) is 5.69 Å². The molecule has 0 fully saturated rings. The van der Waals surface area contributed by atoms with Gasteiger partial charge in [-0.1, -0.05) is 0 Å². The van der Waals surface area contributed by atoms with Gasteiger partial charge in [0.1, 0.15) is 0 Å². The Morgan fingerprint density at radius 2 is 1.77 bits per heavy atom. The van der Waals surface area contributed by atoms with E-state index in [9.17, 15) is 4.79 Å². The lowest BCUT2D eigenvalue weighted by molar-refractivity contribution is -0.116. The van der Waals surface area contributed by atoms with Crippen LogP contribution in [0.15, 0.2) is 40.4 Å². The fourth-order valence-corrected chi connectivity index (χ4v) is 2.67. The van der Waals surface area contributed by atoms with Crippen molar-refractivity contribution in [3.05, 3.63) is 41.7 Å². The van der Waals surface area contributed by atoms with Gasteiger partial charge >= 0.3 is 0 Å². The maximum Gasteiger partial charge on any atom is 0.225 e. The number of nitrogens with one attached hydrogen (secondary N) is 1. The molecule has 1 amide bonds. The third kappa shape index (κ3) is 5.63. The topological polar surface area (TPSA) is 80.9 Å². The quantitative estimate of drug-likeness (QED) is 0.819. The summed E-state index contributed by atoms with van der Waals surface area (Å²) in [7, 11) is 0. The molecule has 0 aliphatic heterocycles. The van der Waals surface area contributed by atoms with Gasteiger partial charge in [-0.15, -0.1) is 12.4 Å². The lowest BCUT2D eigenvalue weighted by Gasteiger charge is -2.06. The SMILES string of the molecule is Cc1cc(C)nc(Sc2ccc(NC(=O)CCN)cc2)n1.Cl. The van der Waals surface area contributed by atoms with Crippen molar-refractivity contribution in [1.29, 1.82) is 0 Å². The summed E-state index contributed by atoms with van der Waals surface area (Å²) in [6.45, 7) is 4.26. The highest BCUT2D eigenvalue weighted by Gasteiger charge is 2.04. The zero-order valence-corrected chi connectivity index (χ0v) is 14.1. The van der Waals surface area contributed by atoms with E-state index in [4.69, 9.17) is 5.73 Å². The van der Waals surface area contributed by atoms with Crippen LogP contribution in [0.1, 0.15) is 17.8 Å². The fraction of sp³-hybridized carbons (Fsp3) is 0.267. The minimum Gasteiger partial charge on any atom is -0.330 e. The van der Waals surface area contributed by atoms with Gasteiger partial charge in [-0.05, 0) is 55.9 Å². The summed E-state index contributed by atoms with van der Waals surface area (Å²) in [4.78, 5) is 21.3. The van der Waals surface area contributed by atoms with Crippen molar-refractivity contribution in [1.82, 2.24) is 9.97 Å². The summed E-state index contributed by atoms with van der Waals surface area (Å²) in [5.74, 6) is -0.0736. The molecule has 2 rings (SSSR count). The molecule has 0 aliphatic rings. The van der Waals surface area contributed by atoms with E-state index < -0.39 is 0 Å². The van der Waals surface area contributed by atoms with E-state index in [-0.39, 0.29) is 18.3 Å². The van der Waals surface area contributed by atoms with Crippen molar-refractivity contribution < 1.29 is 4.79 Å². The Balaban J connectivity index is 0.00000242. The fourth-order valence-electron chi connectivity index (χ4n) is 1.81. The molecule has 0 saturated heterocycles. The van der Waals surface area contributed by atoms with E-state index in [1.807, 2.05) is 44.2 Å². The molecule has 1 heterocycles. The van der Waals surface area contributed by atoms with Gasteiger partial charge in [-0.25, -0.2) is 9.97 Å². The van der Waals surface area contributed by atoms with E-state index in [1.165, 1.54) is 11.8 Å². The number of carbonyl (C=O) groups excluding carboxylic acids is 1. The van der Waals surface area contributed by atoms with Crippen LogP contribution in [-0.4, -0.2) is 22.4 Å². The highest BCUT2D eigenvalue weighted by atomic mass is 35.5. The van der Waals surface area contributed by atoms with Crippen LogP contribution in [0, 0.1) is 13.8 Å². The van der Waals surface area contributed by atoms with Gasteiger partial charge in [0.05, 0.1) is 0 Å². The summed E-state index contributed by atoms with van der Waals surface area (Å²) in [6, 6.07) is 9.53. The van der Waals surface area contributed by atoms with E-state index >= 15 is 0 Å². The maximum atomic E-state index is 11.4. The van der Waals surface area contributed by atoms with Crippen molar-refractivity contribution in [2.45, 2.75) is 30.3 Å². The smallest absolute Gasteiger partial charge is 0.225 e. The Kier molecular flexibility index (Phi) is 7.31. The van der Waals surface area contributed by atoms with Crippen molar-refractivity contribution in [3.63, 3.8) is 0 Å². The number of benzene rings is 1. The number of aryl methyl sites for hydroxylation is 2. The van der Waals surface area contributed by atoms with Crippen LogP contribution in [0.3, 0.4) is 0 Å². The van der Waals surface area contributed by atoms with Crippen LogP contribution in [0.25, 0.3) is 0 Å². The number of rotatable bonds is 5. The second-order valence-corrected chi connectivity index (χ2v) is 5.69. The molecule has 0 saturated carbocycles. The molecule has 3 N–H and O–H groups in total. The predicted octanol–water partition coefficient (Wildman–Crippen LogP) is 2.95. The molecule has 7 heteroatoms.